The van der Waals surface area contributed by atoms with Crippen molar-refractivity contribution in [3.8, 4) is 0 Å². The Hall–Kier alpha value is -0.0800. The quantitative estimate of drug-likeness (QED) is 0.749. The summed E-state index contributed by atoms with van der Waals surface area (Å²) in [7, 11) is 0. The van der Waals surface area contributed by atoms with Crippen LogP contribution >= 0.6 is 0 Å². The predicted molar refractivity (Wildman–Crippen MR) is 69.6 cm³/mol. The predicted octanol–water partition coefficient (Wildman–Crippen LogP) is 2.40. The van der Waals surface area contributed by atoms with Gasteiger partial charge in [0.2, 0.25) is 0 Å². The Morgan fingerprint density at radius 3 is 2.69 bits per heavy atom. The standard InChI is InChI=1S/C14H28N2/c1-13(2,12-5-4-8-15-9-12)10-16-11-14(3)6-7-14/h12,15-16H,4-11H2,1-3H3. The average Bonchev–Trinajstić information content (AvgIpc) is 2.98. The van der Waals surface area contributed by atoms with Crippen LogP contribution in [0.5, 0.6) is 0 Å². The van der Waals surface area contributed by atoms with Crippen molar-refractivity contribution >= 4 is 0 Å². The Bertz CT molecular complexity index is 225. The molecule has 0 aromatic rings. The molecule has 0 aromatic carbocycles. The van der Waals surface area contributed by atoms with Gasteiger partial charge >= 0.3 is 0 Å². The molecule has 2 heteroatoms. The van der Waals surface area contributed by atoms with Gasteiger partial charge in [-0.25, -0.2) is 0 Å². The third-order valence-electron chi connectivity index (χ3n) is 4.64. The molecular formula is C14H28N2. The van der Waals surface area contributed by atoms with E-state index >= 15 is 0 Å². The lowest BCUT2D eigenvalue weighted by atomic mass is 9.75. The van der Waals surface area contributed by atoms with E-state index in [-0.39, 0.29) is 0 Å². The van der Waals surface area contributed by atoms with Gasteiger partial charge < -0.3 is 10.6 Å². The van der Waals surface area contributed by atoms with Crippen LogP contribution in [-0.4, -0.2) is 26.2 Å². The number of hydrogen-bond acceptors (Lipinski definition) is 2. The minimum Gasteiger partial charge on any atom is -0.316 e. The highest BCUT2D eigenvalue weighted by atomic mass is 14.9. The van der Waals surface area contributed by atoms with E-state index in [2.05, 4.69) is 31.4 Å². The van der Waals surface area contributed by atoms with Gasteiger partial charge in [-0.15, -0.1) is 0 Å². The molecule has 1 unspecified atom stereocenters. The molecule has 2 fully saturated rings. The maximum Gasteiger partial charge on any atom is 0.000588 e. The van der Waals surface area contributed by atoms with Gasteiger partial charge in [-0.05, 0) is 55.5 Å². The minimum absolute atomic E-state index is 0.443. The highest BCUT2D eigenvalue weighted by Gasteiger charge is 2.37. The Balaban J connectivity index is 1.72. The topological polar surface area (TPSA) is 24.1 Å². The lowest BCUT2D eigenvalue weighted by Crippen LogP contribution is -2.44. The van der Waals surface area contributed by atoms with Crippen molar-refractivity contribution in [1.82, 2.24) is 10.6 Å². The van der Waals surface area contributed by atoms with Crippen LogP contribution in [0.15, 0.2) is 0 Å². The smallest absolute Gasteiger partial charge is 0.000588 e. The molecule has 2 nitrogen and oxygen atoms in total. The highest BCUT2D eigenvalue weighted by Crippen LogP contribution is 2.44. The fraction of sp³-hybridized carbons (Fsp3) is 1.00. The summed E-state index contributed by atoms with van der Waals surface area (Å²) < 4.78 is 0. The molecule has 0 aromatic heterocycles. The molecule has 0 amide bonds. The van der Waals surface area contributed by atoms with E-state index < -0.39 is 0 Å². The molecule has 1 saturated carbocycles. The summed E-state index contributed by atoms with van der Waals surface area (Å²) in [5.74, 6) is 0.848. The van der Waals surface area contributed by atoms with E-state index in [1.54, 1.807) is 0 Å². The number of piperidine rings is 1. The van der Waals surface area contributed by atoms with Gasteiger partial charge in [0.05, 0.1) is 0 Å². The largest absolute Gasteiger partial charge is 0.316 e. The second-order valence-corrected chi connectivity index (χ2v) is 6.95. The summed E-state index contributed by atoms with van der Waals surface area (Å²) in [6, 6.07) is 0. The van der Waals surface area contributed by atoms with E-state index in [1.165, 1.54) is 51.9 Å². The summed E-state index contributed by atoms with van der Waals surface area (Å²) in [5, 5.41) is 7.23. The maximum absolute atomic E-state index is 3.70. The molecule has 0 radical (unpaired) electrons. The fourth-order valence-corrected chi connectivity index (χ4v) is 2.74. The van der Waals surface area contributed by atoms with E-state index in [4.69, 9.17) is 0 Å². The third kappa shape index (κ3) is 3.21. The minimum atomic E-state index is 0.443. The number of nitrogens with one attached hydrogen (secondary N) is 2. The molecule has 1 aliphatic carbocycles. The summed E-state index contributed by atoms with van der Waals surface area (Å²) in [5.41, 5.74) is 1.08. The summed E-state index contributed by atoms with van der Waals surface area (Å²) >= 11 is 0. The second-order valence-electron chi connectivity index (χ2n) is 6.95. The van der Waals surface area contributed by atoms with Crippen LogP contribution in [0.1, 0.15) is 46.5 Å². The van der Waals surface area contributed by atoms with Gasteiger partial charge in [-0.3, -0.25) is 0 Å². The van der Waals surface area contributed by atoms with Crippen LogP contribution in [-0.2, 0) is 0 Å². The molecular weight excluding hydrogens is 196 g/mol. The molecule has 1 atom stereocenters. The molecule has 0 bridgehead atoms. The Kier molecular flexibility index (Phi) is 3.60. The van der Waals surface area contributed by atoms with Gasteiger partial charge in [0, 0.05) is 13.1 Å². The normalized spacial score (nSPS) is 29.1. The zero-order valence-corrected chi connectivity index (χ0v) is 11.2. The van der Waals surface area contributed by atoms with Crippen LogP contribution in [0, 0.1) is 16.7 Å². The van der Waals surface area contributed by atoms with Crippen LogP contribution in [0.2, 0.25) is 0 Å². The first-order valence-electron chi connectivity index (χ1n) is 6.93. The molecule has 2 aliphatic rings. The van der Waals surface area contributed by atoms with Gasteiger partial charge in [-0.2, -0.15) is 0 Å². The Labute approximate surface area is 101 Å². The van der Waals surface area contributed by atoms with Crippen molar-refractivity contribution < 1.29 is 0 Å². The molecule has 1 saturated heterocycles. The van der Waals surface area contributed by atoms with Crippen LogP contribution in [0.3, 0.4) is 0 Å². The van der Waals surface area contributed by atoms with Gasteiger partial charge in [0.15, 0.2) is 0 Å². The first kappa shape index (κ1) is 12.4. The van der Waals surface area contributed by atoms with Crippen molar-refractivity contribution in [2.75, 3.05) is 26.2 Å². The molecule has 16 heavy (non-hydrogen) atoms. The van der Waals surface area contributed by atoms with Crippen molar-refractivity contribution in [3.63, 3.8) is 0 Å². The average molecular weight is 224 g/mol. The summed E-state index contributed by atoms with van der Waals surface area (Å²) in [6.07, 6.45) is 5.60. The second kappa shape index (κ2) is 4.66. The van der Waals surface area contributed by atoms with Crippen molar-refractivity contribution in [3.05, 3.63) is 0 Å². The lowest BCUT2D eigenvalue weighted by Gasteiger charge is -2.37. The van der Waals surface area contributed by atoms with Crippen molar-refractivity contribution in [1.29, 1.82) is 0 Å². The Morgan fingerprint density at radius 2 is 2.12 bits per heavy atom. The molecule has 1 heterocycles. The highest BCUT2D eigenvalue weighted by molar-refractivity contribution is 4.92. The summed E-state index contributed by atoms with van der Waals surface area (Å²) in [4.78, 5) is 0. The SMILES string of the molecule is CC1(CNCC(C)(C)C2CCCNC2)CC1. The summed E-state index contributed by atoms with van der Waals surface area (Å²) in [6.45, 7) is 12.1. The molecule has 2 N–H and O–H groups in total. The first-order chi connectivity index (χ1) is 7.52. The van der Waals surface area contributed by atoms with E-state index in [0.717, 1.165) is 5.92 Å². The van der Waals surface area contributed by atoms with Gasteiger partial charge in [0.1, 0.15) is 0 Å². The van der Waals surface area contributed by atoms with Crippen molar-refractivity contribution in [2.24, 2.45) is 16.7 Å². The fourth-order valence-electron chi connectivity index (χ4n) is 2.74. The molecule has 0 spiro atoms. The Morgan fingerprint density at radius 1 is 1.38 bits per heavy atom. The monoisotopic (exact) mass is 224 g/mol. The van der Waals surface area contributed by atoms with E-state index in [9.17, 15) is 0 Å². The number of hydrogen-bond donors (Lipinski definition) is 2. The van der Waals surface area contributed by atoms with E-state index in [0.29, 0.717) is 10.8 Å². The zero-order chi connectivity index (χ0) is 11.6. The molecule has 94 valence electrons. The maximum atomic E-state index is 3.70. The lowest BCUT2D eigenvalue weighted by molar-refractivity contribution is 0.164. The molecule has 2 rings (SSSR count). The first-order valence-corrected chi connectivity index (χ1v) is 6.93. The van der Waals surface area contributed by atoms with Gasteiger partial charge in [-0.1, -0.05) is 20.8 Å². The van der Waals surface area contributed by atoms with Crippen LogP contribution in [0.4, 0.5) is 0 Å². The number of rotatable bonds is 5. The van der Waals surface area contributed by atoms with Gasteiger partial charge in [0.25, 0.3) is 0 Å². The van der Waals surface area contributed by atoms with E-state index in [1.807, 2.05) is 0 Å². The molecule has 1 aliphatic heterocycles. The van der Waals surface area contributed by atoms with Crippen LogP contribution < -0.4 is 10.6 Å². The van der Waals surface area contributed by atoms with Crippen molar-refractivity contribution in [2.45, 2.75) is 46.5 Å². The zero-order valence-electron chi connectivity index (χ0n) is 11.2. The third-order valence-corrected chi connectivity index (χ3v) is 4.64. The van der Waals surface area contributed by atoms with Crippen LogP contribution in [0.25, 0.3) is 0 Å².